The zero-order valence-electron chi connectivity index (χ0n) is 40.5. The van der Waals surface area contributed by atoms with Crippen molar-refractivity contribution in [2.24, 2.45) is 0 Å². The van der Waals surface area contributed by atoms with Gasteiger partial charge in [-0.1, -0.05) is 284 Å². The van der Waals surface area contributed by atoms with E-state index in [4.69, 9.17) is 0 Å². The van der Waals surface area contributed by atoms with E-state index in [1.54, 1.807) is 0 Å². The van der Waals surface area contributed by atoms with Gasteiger partial charge in [0.2, 0.25) is 0 Å². The summed E-state index contributed by atoms with van der Waals surface area (Å²) in [5.74, 6) is 0. The minimum atomic E-state index is 1.28. The molecule has 0 nitrogen and oxygen atoms in total. The van der Waals surface area contributed by atoms with Gasteiger partial charge in [0.05, 0.1) is 0 Å². The molecule has 0 heterocycles. The van der Waals surface area contributed by atoms with E-state index in [1.165, 1.54) is 104 Å². The number of hydrogen-bond donors (Lipinski definition) is 0. The van der Waals surface area contributed by atoms with Gasteiger partial charge in [0.15, 0.2) is 0 Å². The average Bonchev–Trinajstić information content (AvgIpc) is 3.40. The fraction of sp³-hybridized carbons (Fsp3) is 0.0725. The monoisotopic (exact) mass is 888 g/mol. The predicted molar refractivity (Wildman–Crippen MR) is 302 cm³/mol. The maximum atomic E-state index is 2.25. The van der Waals surface area contributed by atoms with Gasteiger partial charge in [-0.3, -0.25) is 0 Å². The summed E-state index contributed by atoms with van der Waals surface area (Å²) < 4.78 is 0. The summed E-state index contributed by atoms with van der Waals surface area (Å²) in [5.41, 5.74) is 14.4. The summed E-state index contributed by atoms with van der Waals surface area (Å²) >= 11 is 0. The first kappa shape index (κ1) is 47.2. The second-order valence-corrected chi connectivity index (χ2v) is 17.6. The second kappa shape index (κ2) is 23.4. The standard InChI is InChI=1S/2C17H14.C13H12.2C11H10/c1-13-9-11-15(12-10-13)17-8-4-6-14-5-2-3-7-16(14)17;1-13-6-8-15(9-7-13)17-11-10-14-4-2-3-5-16(14)12-17;1-11-7-5-6-10-13(11)12-8-3-2-4-9-12;1-9-5-4-7-10-6-2-3-8-11(9)10;1-9-6-7-10-4-2-3-5-11(10)8-9/h2*2-12H,1H3;2-10H,1H3;2*2-8H,1H3. The van der Waals surface area contributed by atoms with Crippen molar-refractivity contribution in [1.82, 2.24) is 0 Å². The normalized spacial score (nSPS) is 10.4. The third-order valence-electron chi connectivity index (χ3n) is 12.4. The van der Waals surface area contributed by atoms with Crippen LogP contribution < -0.4 is 0 Å². The van der Waals surface area contributed by atoms with Crippen LogP contribution in [0.2, 0.25) is 0 Å². The highest BCUT2D eigenvalue weighted by Gasteiger charge is 2.03. The van der Waals surface area contributed by atoms with Crippen molar-refractivity contribution in [1.29, 1.82) is 0 Å². The van der Waals surface area contributed by atoms with Crippen molar-refractivity contribution in [3.63, 3.8) is 0 Å². The molecular weight excluding hydrogens is 829 g/mol. The number of hydrogen-bond acceptors (Lipinski definition) is 0. The van der Waals surface area contributed by atoms with E-state index in [9.17, 15) is 0 Å². The van der Waals surface area contributed by atoms with E-state index in [1.807, 2.05) is 6.07 Å². The quantitative estimate of drug-likeness (QED) is 0.166. The average molecular weight is 889 g/mol. The minimum absolute atomic E-state index is 1.28. The lowest BCUT2D eigenvalue weighted by Crippen LogP contribution is -1.81. The molecule has 0 N–H and O–H groups in total. The Hall–Kier alpha value is -8.32. The van der Waals surface area contributed by atoms with E-state index in [0.29, 0.717) is 0 Å². The summed E-state index contributed by atoms with van der Waals surface area (Å²) in [7, 11) is 0. The van der Waals surface area contributed by atoms with Crippen molar-refractivity contribution in [3.05, 3.63) is 301 Å². The molecule has 12 aromatic rings. The van der Waals surface area contributed by atoms with Crippen LogP contribution in [-0.2, 0) is 0 Å². The van der Waals surface area contributed by atoms with Crippen LogP contribution >= 0.6 is 0 Å². The summed E-state index contributed by atoms with van der Waals surface area (Å²) in [6.45, 7) is 10.6. The number of aryl methyl sites for hydroxylation is 5. The molecule has 0 atom stereocenters. The summed E-state index contributed by atoms with van der Waals surface area (Å²) in [6, 6.07) is 96.1. The van der Waals surface area contributed by atoms with Gasteiger partial charge < -0.3 is 0 Å². The number of fused-ring (bicyclic) bond motifs is 4. The summed E-state index contributed by atoms with van der Waals surface area (Å²) in [4.78, 5) is 0. The van der Waals surface area contributed by atoms with Crippen LogP contribution in [-0.4, -0.2) is 0 Å². The van der Waals surface area contributed by atoms with Crippen molar-refractivity contribution in [2.75, 3.05) is 0 Å². The van der Waals surface area contributed by atoms with Crippen LogP contribution in [0.4, 0.5) is 0 Å². The molecule has 0 amide bonds. The number of benzene rings is 12. The Kier molecular flexibility index (Phi) is 16.0. The fourth-order valence-electron chi connectivity index (χ4n) is 8.54. The van der Waals surface area contributed by atoms with Gasteiger partial charge in [0, 0.05) is 0 Å². The highest BCUT2D eigenvalue weighted by atomic mass is 14.1. The van der Waals surface area contributed by atoms with Gasteiger partial charge in [-0.15, -0.1) is 0 Å². The van der Waals surface area contributed by atoms with Crippen LogP contribution in [0.25, 0.3) is 76.5 Å². The first-order valence-electron chi connectivity index (χ1n) is 23.9. The third-order valence-corrected chi connectivity index (χ3v) is 12.4. The maximum Gasteiger partial charge on any atom is -0.0105 e. The van der Waals surface area contributed by atoms with E-state index >= 15 is 0 Å². The fourth-order valence-corrected chi connectivity index (χ4v) is 8.54. The molecule has 0 aliphatic carbocycles. The van der Waals surface area contributed by atoms with Crippen molar-refractivity contribution in [2.45, 2.75) is 34.6 Å². The van der Waals surface area contributed by atoms with Gasteiger partial charge in [0.25, 0.3) is 0 Å². The molecule has 69 heavy (non-hydrogen) atoms. The topological polar surface area (TPSA) is 0 Å². The van der Waals surface area contributed by atoms with Gasteiger partial charge >= 0.3 is 0 Å². The lowest BCUT2D eigenvalue weighted by atomic mass is 9.98. The maximum absolute atomic E-state index is 2.25. The Balaban J connectivity index is 0.000000118. The molecule has 0 unspecified atom stereocenters. The van der Waals surface area contributed by atoms with Gasteiger partial charge in [-0.2, -0.15) is 0 Å². The van der Waals surface area contributed by atoms with Crippen LogP contribution in [0, 0.1) is 34.6 Å². The van der Waals surface area contributed by atoms with E-state index in [2.05, 4.69) is 302 Å². The lowest BCUT2D eigenvalue weighted by Gasteiger charge is -2.07. The molecule has 0 aliphatic heterocycles. The molecule has 0 aromatic heterocycles. The summed E-state index contributed by atoms with van der Waals surface area (Å²) in [5, 5.41) is 10.5. The Labute approximate surface area is 409 Å². The summed E-state index contributed by atoms with van der Waals surface area (Å²) in [6.07, 6.45) is 0. The van der Waals surface area contributed by atoms with E-state index < -0.39 is 0 Å². The van der Waals surface area contributed by atoms with Crippen molar-refractivity contribution >= 4 is 43.1 Å². The molecule has 12 aromatic carbocycles. The predicted octanol–water partition coefficient (Wildman–Crippen LogP) is 19.6. The van der Waals surface area contributed by atoms with Crippen molar-refractivity contribution < 1.29 is 0 Å². The van der Waals surface area contributed by atoms with Gasteiger partial charge in [-0.25, -0.2) is 0 Å². The Morgan fingerprint density at radius 1 is 0.188 bits per heavy atom. The molecule has 0 saturated carbocycles. The smallest absolute Gasteiger partial charge is 0.0105 e. The largest absolute Gasteiger partial charge is 0.0622 e. The molecule has 12 rings (SSSR count). The first-order chi connectivity index (χ1) is 33.8. The third kappa shape index (κ3) is 12.8. The molecule has 0 spiro atoms. The SMILES string of the molecule is Cc1ccc(-c2ccc3ccccc3c2)cc1.Cc1ccc(-c2cccc3ccccc23)cc1.Cc1ccc2ccccc2c1.Cc1cccc2ccccc12.Cc1ccccc1-c1ccccc1. The molecule has 0 bridgehead atoms. The molecule has 0 saturated heterocycles. The molecule has 0 radical (unpaired) electrons. The van der Waals surface area contributed by atoms with Crippen molar-refractivity contribution in [3.8, 4) is 33.4 Å². The van der Waals surface area contributed by atoms with E-state index in [-0.39, 0.29) is 0 Å². The minimum Gasteiger partial charge on any atom is -0.0622 e. The van der Waals surface area contributed by atoms with Crippen LogP contribution in [0.5, 0.6) is 0 Å². The highest BCUT2D eigenvalue weighted by molar-refractivity contribution is 5.96. The zero-order chi connectivity index (χ0) is 47.8. The van der Waals surface area contributed by atoms with E-state index in [0.717, 1.165) is 0 Å². The Bertz CT molecular complexity index is 3500. The van der Waals surface area contributed by atoms with Gasteiger partial charge in [-0.05, 0) is 128 Å². The first-order valence-corrected chi connectivity index (χ1v) is 23.9. The molecule has 0 heteroatoms. The lowest BCUT2D eigenvalue weighted by molar-refractivity contribution is 1.46. The molecule has 0 aliphatic rings. The van der Waals surface area contributed by atoms with Gasteiger partial charge in [0.1, 0.15) is 0 Å². The second-order valence-electron chi connectivity index (χ2n) is 17.6. The highest BCUT2D eigenvalue weighted by Crippen LogP contribution is 2.29. The van der Waals surface area contributed by atoms with Crippen LogP contribution in [0.15, 0.2) is 273 Å². The van der Waals surface area contributed by atoms with Crippen LogP contribution in [0.1, 0.15) is 27.8 Å². The Morgan fingerprint density at radius 3 is 1.20 bits per heavy atom. The molecule has 336 valence electrons. The molecule has 0 fully saturated rings. The van der Waals surface area contributed by atoms with Crippen LogP contribution in [0.3, 0.4) is 0 Å². The Morgan fingerprint density at radius 2 is 0.580 bits per heavy atom. The molecular formula is C69H60. The zero-order valence-corrected chi connectivity index (χ0v) is 40.5. The number of rotatable bonds is 3.